The van der Waals surface area contributed by atoms with Crippen LogP contribution in [0.25, 0.3) is 16.6 Å². The van der Waals surface area contributed by atoms with E-state index in [1.54, 1.807) is 16.6 Å². The van der Waals surface area contributed by atoms with Crippen LogP contribution >= 0.6 is 0 Å². The lowest BCUT2D eigenvalue weighted by molar-refractivity contribution is -0.139. The fourth-order valence-corrected chi connectivity index (χ4v) is 4.04. The van der Waals surface area contributed by atoms with Crippen LogP contribution in [0.4, 0.5) is 4.39 Å². The molecule has 2 heterocycles. The maximum Gasteiger partial charge on any atom is 0.226 e. The van der Waals surface area contributed by atoms with E-state index < -0.39 is 0 Å². The molecule has 30 heavy (non-hydrogen) atoms. The van der Waals surface area contributed by atoms with Crippen molar-refractivity contribution in [3.8, 4) is 0 Å². The normalized spacial score (nSPS) is 14.2. The van der Waals surface area contributed by atoms with Gasteiger partial charge < -0.3 is 4.90 Å². The van der Waals surface area contributed by atoms with Crippen LogP contribution in [-0.2, 0) is 17.9 Å². The predicted molar refractivity (Wildman–Crippen MR) is 111 cm³/mol. The summed E-state index contributed by atoms with van der Waals surface area (Å²) in [5, 5.41) is 13.3. The first kappa shape index (κ1) is 18.7. The number of pyridine rings is 1. The van der Waals surface area contributed by atoms with Gasteiger partial charge in [0.05, 0.1) is 5.52 Å². The summed E-state index contributed by atoms with van der Waals surface area (Å²) in [6, 6.07) is 14.5. The molecule has 0 bridgehead atoms. The second-order valence-electron chi connectivity index (χ2n) is 8.09. The number of fused-ring (bicyclic) bond motifs is 3. The number of aromatic nitrogens is 4. The molecule has 152 valence electrons. The zero-order valence-electron chi connectivity index (χ0n) is 16.8. The Morgan fingerprint density at radius 1 is 1.13 bits per heavy atom. The maximum atomic E-state index is 13.3. The number of carbonyl (C=O) groups is 1. The van der Waals surface area contributed by atoms with Gasteiger partial charge in [-0.1, -0.05) is 30.2 Å². The number of hydrogen-bond acceptors (Lipinski definition) is 4. The summed E-state index contributed by atoms with van der Waals surface area (Å²) in [5.41, 5.74) is 4.52. The summed E-state index contributed by atoms with van der Waals surface area (Å²) in [6.07, 6.45) is 2.95. The van der Waals surface area contributed by atoms with E-state index in [2.05, 4.69) is 27.7 Å². The number of rotatable bonds is 5. The topological polar surface area (TPSA) is 63.4 Å². The van der Waals surface area contributed by atoms with Crippen LogP contribution < -0.4 is 0 Å². The van der Waals surface area contributed by atoms with E-state index in [0.717, 1.165) is 46.9 Å². The zero-order valence-corrected chi connectivity index (χ0v) is 16.8. The number of amides is 1. The van der Waals surface area contributed by atoms with Gasteiger partial charge in [0.1, 0.15) is 5.82 Å². The van der Waals surface area contributed by atoms with Crippen molar-refractivity contribution in [2.45, 2.75) is 39.3 Å². The summed E-state index contributed by atoms with van der Waals surface area (Å²) in [6.45, 7) is 2.87. The van der Waals surface area contributed by atoms with Gasteiger partial charge in [-0.2, -0.15) is 4.52 Å². The molecule has 0 N–H and O–H groups in total. The Labute approximate surface area is 173 Å². The lowest BCUT2D eigenvalue weighted by atomic mass is 9.84. The van der Waals surface area contributed by atoms with Gasteiger partial charge in [0.25, 0.3) is 0 Å². The fourth-order valence-electron chi connectivity index (χ4n) is 4.04. The van der Waals surface area contributed by atoms with E-state index in [0.29, 0.717) is 18.7 Å². The van der Waals surface area contributed by atoms with Crippen molar-refractivity contribution < 1.29 is 9.18 Å². The fraction of sp³-hybridized carbons (Fsp3) is 0.304. The first-order valence-electron chi connectivity index (χ1n) is 10.2. The third kappa shape index (κ3) is 3.40. The van der Waals surface area contributed by atoms with E-state index in [4.69, 9.17) is 0 Å². The Balaban J connectivity index is 1.54. The minimum absolute atomic E-state index is 0.0696. The summed E-state index contributed by atoms with van der Waals surface area (Å²) < 4.78 is 15.1. The molecule has 7 heteroatoms. The number of aryl methyl sites for hydroxylation is 1. The van der Waals surface area contributed by atoms with Crippen molar-refractivity contribution in [2.24, 2.45) is 5.92 Å². The lowest BCUT2D eigenvalue weighted by Crippen LogP contribution is -2.38. The average molecular weight is 403 g/mol. The SMILES string of the molecule is Cc1ccc2c(c1)cc(CN(Cc1ccc(F)cc1)C(=O)C1CCC1)c1nnnn12. The van der Waals surface area contributed by atoms with Crippen LogP contribution in [0.15, 0.2) is 48.5 Å². The largest absolute Gasteiger partial charge is 0.334 e. The smallest absolute Gasteiger partial charge is 0.226 e. The third-order valence-corrected chi connectivity index (χ3v) is 5.91. The second-order valence-corrected chi connectivity index (χ2v) is 8.09. The van der Waals surface area contributed by atoms with Gasteiger partial charge in [-0.15, -0.1) is 5.10 Å². The Bertz CT molecular complexity index is 1230. The minimum Gasteiger partial charge on any atom is -0.334 e. The Morgan fingerprint density at radius 2 is 1.93 bits per heavy atom. The summed E-state index contributed by atoms with van der Waals surface area (Å²) in [4.78, 5) is 15.0. The van der Waals surface area contributed by atoms with Crippen LogP contribution in [-0.4, -0.2) is 30.8 Å². The Hall–Kier alpha value is -3.35. The second kappa shape index (κ2) is 7.48. The first-order valence-corrected chi connectivity index (χ1v) is 10.2. The van der Waals surface area contributed by atoms with E-state index >= 15 is 0 Å². The molecule has 0 aliphatic heterocycles. The predicted octanol–water partition coefficient (Wildman–Crippen LogP) is 4.05. The number of tetrazole rings is 1. The van der Waals surface area contributed by atoms with Gasteiger partial charge in [0.2, 0.25) is 5.91 Å². The summed E-state index contributed by atoms with van der Waals surface area (Å²) in [5.74, 6) is -0.0718. The lowest BCUT2D eigenvalue weighted by Gasteiger charge is -2.32. The van der Waals surface area contributed by atoms with E-state index in [1.807, 2.05) is 24.0 Å². The molecule has 0 atom stereocenters. The van der Waals surface area contributed by atoms with Gasteiger partial charge in [-0.05, 0) is 66.1 Å². The number of nitrogens with zero attached hydrogens (tertiary/aromatic N) is 5. The van der Waals surface area contributed by atoms with Gasteiger partial charge >= 0.3 is 0 Å². The molecule has 1 saturated carbocycles. The highest BCUT2D eigenvalue weighted by atomic mass is 19.1. The molecule has 1 aliphatic carbocycles. The molecule has 6 nitrogen and oxygen atoms in total. The van der Waals surface area contributed by atoms with E-state index in [9.17, 15) is 9.18 Å². The number of hydrogen-bond donors (Lipinski definition) is 0. The molecular formula is C23H22FN5O. The summed E-state index contributed by atoms with van der Waals surface area (Å²) >= 11 is 0. The molecule has 0 spiro atoms. The number of carbonyl (C=O) groups excluding carboxylic acids is 1. The minimum atomic E-state index is -0.281. The highest BCUT2D eigenvalue weighted by Crippen LogP contribution is 2.30. The van der Waals surface area contributed by atoms with Crippen molar-refractivity contribution in [1.29, 1.82) is 0 Å². The first-order chi connectivity index (χ1) is 14.6. The van der Waals surface area contributed by atoms with E-state index in [1.165, 1.54) is 12.1 Å². The van der Waals surface area contributed by atoms with Gasteiger partial charge in [-0.25, -0.2) is 4.39 Å². The van der Waals surface area contributed by atoms with Crippen molar-refractivity contribution in [2.75, 3.05) is 0 Å². The van der Waals surface area contributed by atoms with Crippen molar-refractivity contribution >= 4 is 22.5 Å². The summed E-state index contributed by atoms with van der Waals surface area (Å²) in [7, 11) is 0. The van der Waals surface area contributed by atoms with Crippen LogP contribution in [0.3, 0.4) is 0 Å². The van der Waals surface area contributed by atoms with Crippen LogP contribution in [0.1, 0.15) is 36.0 Å². The third-order valence-electron chi connectivity index (χ3n) is 5.91. The highest BCUT2D eigenvalue weighted by molar-refractivity contribution is 5.84. The quantitative estimate of drug-likeness (QED) is 0.504. The molecule has 1 fully saturated rings. The molecule has 2 aromatic carbocycles. The highest BCUT2D eigenvalue weighted by Gasteiger charge is 2.30. The van der Waals surface area contributed by atoms with Crippen LogP contribution in [0.5, 0.6) is 0 Å². The zero-order chi connectivity index (χ0) is 20.7. The monoisotopic (exact) mass is 403 g/mol. The molecular weight excluding hydrogens is 381 g/mol. The molecule has 2 aromatic heterocycles. The molecule has 4 aromatic rings. The standard InChI is InChI=1S/C23H22FN5O/c1-15-5-10-21-18(11-15)12-19(22-25-26-27-29(21)22)14-28(23(30)17-3-2-4-17)13-16-6-8-20(24)9-7-16/h5-12,17H,2-4,13-14H2,1H3. The van der Waals surface area contributed by atoms with Gasteiger partial charge in [0, 0.05) is 30.0 Å². The van der Waals surface area contributed by atoms with Gasteiger partial charge in [0.15, 0.2) is 5.65 Å². The van der Waals surface area contributed by atoms with Crippen LogP contribution in [0, 0.1) is 18.7 Å². The van der Waals surface area contributed by atoms with Gasteiger partial charge in [-0.3, -0.25) is 4.79 Å². The average Bonchev–Trinajstić information content (AvgIpc) is 3.18. The van der Waals surface area contributed by atoms with E-state index in [-0.39, 0.29) is 17.6 Å². The van der Waals surface area contributed by atoms with Crippen molar-refractivity contribution in [1.82, 2.24) is 24.9 Å². The Kier molecular flexibility index (Phi) is 4.65. The molecule has 5 rings (SSSR count). The number of halogens is 1. The molecule has 1 amide bonds. The molecule has 0 saturated heterocycles. The Morgan fingerprint density at radius 3 is 2.67 bits per heavy atom. The molecule has 0 unspecified atom stereocenters. The number of benzene rings is 2. The van der Waals surface area contributed by atoms with Crippen molar-refractivity contribution in [3.05, 3.63) is 71.0 Å². The van der Waals surface area contributed by atoms with Crippen molar-refractivity contribution in [3.63, 3.8) is 0 Å². The van der Waals surface area contributed by atoms with Crippen LogP contribution in [0.2, 0.25) is 0 Å². The molecule has 1 aliphatic rings. The maximum absolute atomic E-state index is 13.3. The molecule has 0 radical (unpaired) electrons.